The molecule has 5 fully saturated rings. The molecule has 1 N–H and O–H groups in total. The van der Waals surface area contributed by atoms with E-state index >= 15 is 0 Å². The van der Waals surface area contributed by atoms with Crippen LogP contribution < -0.4 is 0 Å². The van der Waals surface area contributed by atoms with Crippen LogP contribution in [-0.2, 0) is 38.5 Å². The lowest BCUT2D eigenvalue weighted by Crippen LogP contribution is -2.67. The first-order valence-corrected chi connectivity index (χ1v) is 46.3. The van der Waals surface area contributed by atoms with Gasteiger partial charge in [0.1, 0.15) is 24.4 Å². The Morgan fingerprint density at radius 1 is 0.325 bits per heavy atom. The highest BCUT2D eigenvalue weighted by Gasteiger charge is 2.60. The summed E-state index contributed by atoms with van der Waals surface area (Å²) in [6.07, 6.45) is 13.6. The number of nitrogens with zero attached hydrogens (tertiary/aromatic N) is 8. The van der Waals surface area contributed by atoms with Crippen molar-refractivity contribution in [1.82, 2.24) is 39.9 Å². The van der Waals surface area contributed by atoms with E-state index in [0.717, 1.165) is 92.9 Å². The van der Waals surface area contributed by atoms with Crippen molar-refractivity contribution in [3.05, 3.63) is 225 Å². The van der Waals surface area contributed by atoms with Crippen LogP contribution in [0.15, 0.2) is 175 Å². The summed E-state index contributed by atoms with van der Waals surface area (Å²) in [6.45, 7) is 46.3. The molecule has 0 saturated carbocycles. The molecular formula is C104H140N8O14. The number of carbonyl (C=O) groups is 9. The number of carbonyl (C=O) groups excluding carboxylic acids is 8. The third kappa shape index (κ3) is 19.4. The van der Waals surface area contributed by atoms with Crippen molar-refractivity contribution in [1.29, 1.82) is 0 Å². The van der Waals surface area contributed by atoms with Crippen LogP contribution in [0.5, 0.6) is 0 Å². The maximum Gasteiger partial charge on any atom is 0.335 e. The van der Waals surface area contributed by atoms with Gasteiger partial charge in [0.25, 0.3) is 35.4 Å². The minimum Gasteiger partial charge on any atom is -0.478 e. The van der Waals surface area contributed by atoms with Crippen LogP contribution in [0, 0.1) is 0 Å². The predicted molar refractivity (Wildman–Crippen MR) is 490 cm³/mol. The maximum atomic E-state index is 13.4. The number of carboxylic acid groups (broad SMARTS) is 1. The van der Waals surface area contributed by atoms with E-state index in [1.807, 2.05) is 104 Å². The van der Waals surface area contributed by atoms with Gasteiger partial charge in [-0.3, -0.25) is 77.3 Å². The quantitative estimate of drug-likeness (QED) is 0.0524. The minimum atomic E-state index is -1.12. The van der Waals surface area contributed by atoms with Gasteiger partial charge in [0.2, 0.25) is 11.8 Å². The molecule has 0 aliphatic carbocycles. The largest absolute Gasteiger partial charge is 0.478 e. The molecule has 8 heterocycles. The van der Waals surface area contributed by atoms with Crippen molar-refractivity contribution in [2.75, 3.05) is 0 Å². The molecule has 680 valence electrons. The third-order valence-corrected chi connectivity index (χ3v) is 29.1. The molecule has 6 aromatic rings. The van der Waals surface area contributed by atoms with Gasteiger partial charge in [-0.05, 0) is 259 Å². The number of amides is 8. The number of piperidine rings is 5. The van der Waals surface area contributed by atoms with Crippen LogP contribution in [-0.4, -0.2) is 167 Å². The molecule has 8 amide bonds. The molecule has 8 aliphatic heterocycles. The molecular weight excluding hydrogens is 1590 g/mol. The number of aromatic carboxylic acids is 1. The zero-order valence-electron chi connectivity index (χ0n) is 79.0. The maximum absolute atomic E-state index is 13.4. The normalized spacial score (nSPS) is 24.0. The molecule has 0 spiro atoms. The van der Waals surface area contributed by atoms with Gasteiger partial charge in [-0.15, -0.1) is 0 Å². The van der Waals surface area contributed by atoms with Crippen molar-refractivity contribution in [2.45, 2.75) is 367 Å². The number of benzene rings is 6. The SMILES string of the molecule is CCC1(CC)CC(N2C(=O)C(C)=C(C)C2=O)CC(C)(C)N1OC(C)c1ccccc1.CCC1(CC)CC(N2C(=O)CCCC2=O)CC(C)(C)N1OC(C)c1ccccc1.CCC1(CC)CC(N2C(=O)c3ccc(C(=O)O)cc3C2=O)CC(C)(C)N1OC(C)c1ccccc1.CCC1(CC)CC(N2C(=O)c3ccccc3C2=O)CC(C)(C)N1OC(C)c1ccccc1. The fraction of sp³-hybridized carbons (Fsp3) is 0.548. The van der Waals surface area contributed by atoms with Crippen molar-refractivity contribution in [2.24, 2.45) is 0 Å². The second-order valence-electron chi connectivity index (χ2n) is 38.8. The Labute approximate surface area is 748 Å². The smallest absolute Gasteiger partial charge is 0.335 e. The lowest BCUT2D eigenvalue weighted by atomic mass is 9.73. The highest BCUT2D eigenvalue weighted by molar-refractivity contribution is 6.23. The summed E-state index contributed by atoms with van der Waals surface area (Å²) in [6, 6.07) is 51.5. The third-order valence-electron chi connectivity index (χ3n) is 29.1. The molecule has 8 unspecified atom stereocenters. The van der Waals surface area contributed by atoms with Crippen LogP contribution in [0.4, 0.5) is 0 Å². The summed E-state index contributed by atoms with van der Waals surface area (Å²) in [5.41, 5.74) is 4.58. The summed E-state index contributed by atoms with van der Waals surface area (Å²) >= 11 is 0. The van der Waals surface area contributed by atoms with Crippen LogP contribution in [0.1, 0.15) is 373 Å². The highest BCUT2D eigenvalue weighted by Crippen LogP contribution is 2.53. The first-order chi connectivity index (χ1) is 59.6. The molecule has 0 bridgehead atoms. The molecule has 22 heteroatoms. The van der Waals surface area contributed by atoms with Gasteiger partial charge >= 0.3 is 5.97 Å². The van der Waals surface area contributed by atoms with Gasteiger partial charge in [0, 0.05) is 92.5 Å². The van der Waals surface area contributed by atoms with Gasteiger partial charge < -0.3 is 5.11 Å². The number of rotatable bonds is 25. The lowest BCUT2D eigenvalue weighted by Gasteiger charge is -2.58. The van der Waals surface area contributed by atoms with E-state index in [1.54, 1.807) is 30.9 Å². The number of imide groups is 4. The summed E-state index contributed by atoms with van der Waals surface area (Å²) in [5, 5.41) is 18.0. The Morgan fingerprint density at radius 3 is 0.810 bits per heavy atom. The van der Waals surface area contributed by atoms with Crippen molar-refractivity contribution in [3.63, 3.8) is 0 Å². The molecule has 6 aromatic carbocycles. The highest BCUT2D eigenvalue weighted by atomic mass is 16.7. The van der Waals surface area contributed by atoms with Crippen molar-refractivity contribution in [3.8, 4) is 0 Å². The average Bonchev–Trinajstić information content (AvgIpc) is 1.14. The fourth-order valence-electron chi connectivity index (χ4n) is 22.0. The molecule has 5 saturated heterocycles. The number of hydrogen-bond donors (Lipinski definition) is 1. The fourth-order valence-corrected chi connectivity index (χ4v) is 22.0. The van der Waals surface area contributed by atoms with E-state index in [0.29, 0.717) is 73.6 Å². The van der Waals surface area contributed by atoms with Gasteiger partial charge in [-0.2, -0.15) is 20.3 Å². The predicted octanol–water partition coefficient (Wildman–Crippen LogP) is 21.5. The second-order valence-corrected chi connectivity index (χ2v) is 38.8. The van der Waals surface area contributed by atoms with Crippen LogP contribution in [0.2, 0.25) is 0 Å². The van der Waals surface area contributed by atoms with E-state index in [4.69, 9.17) is 19.4 Å². The van der Waals surface area contributed by atoms with E-state index in [9.17, 15) is 48.3 Å². The molecule has 14 rings (SSSR count). The molecule has 22 nitrogen and oxygen atoms in total. The Morgan fingerprint density at radius 2 is 0.556 bits per heavy atom. The van der Waals surface area contributed by atoms with Gasteiger partial charge in [-0.1, -0.05) is 189 Å². The van der Waals surface area contributed by atoms with Crippen molar-refractivity contribution < 1.29 is 67.6 Å². The zero-order chi connectivity index (χ0) is 92.1. The van der Waals surface area contributed by atoms with E-state index in [-0.39, 0.29) is 145 Å². The van der Waals surface area contributed by atoms with Crippen LogP contribution >= 0.6 is 0 Å². The van der Waals surface area contributed by atoms with Gasteiger partial charge in [0.05, 0.1) is 27.8 Å². The van der Waals surface area contributed by atoms with E-state index in [2.05, 4.69) is 188 Å². The number of carboxylic acids is 1. The average molecular weight is 1730 g/mol. The molecule has 8 atom stereocenters. The van der Waals surface area contributed by atoms with Gasteiger partial charge in [0.15, 0.2) is 0 Å². The first-order valence-electron chi connectivity index (χ1n) is 46.3. The Hall–Kier alpha value is -9.23. The number of fused-ring (bicyclic) bond motifs is 2. The van der Waals surface area contributed by atoms with Crippen molar-refractivity contribution >= 4 is 53.2 Å². The van der Waals surface area contributed by atoms with Gasteiger partial charge in [-0.25, -0.2) is 4.79 Å². The molecule has 8 aliphatic rings. The first kappa shape index (κ1) is 97.4. The topological polar surface area (TPSA) is 237 Å². The molecule has 0 aromatic heterocycles. The minimum absolute atomic E-state index is 0.00154. The van der Waals surface area contributed by atoms with E-state index < -0.39 is 17.4 Å². The van der Waals surface area contributed by atoms with Crippen LogP contribution in [0.3, 0.4) is 0 Å². The summed E-state index contributed by atoms with van der Waals surface area (Å²) in [4.78, 5) is 148. The molecule has 0 radical (unpaired) electrons. The number of likely N-dealkylation sites (tertiary alicyclic amines) is 1. The zero-order valence-corrected chi connectivity index (χ0v) is 79.0. The Bertz CT molecular complexity index is 4840. The summed E-state index contributed by atoms with van der Waals surface area (Å²) in [7, 11) is 0. The number of hydrogen-bond acceptors (Lipinski definition) is 17. The summed E-state index contributed by atoms with van der Waals surface area (Å²) in [5.74, 6) is -2.50. The second kappa shape index (κ2) is 39.4. The Balaban J connectivity index is 0.000000164. The monoisotopic (exact) mass is 1730 g/mol. The Kier molecular flexibility index (Phi) is 30.4. The van der Waals surface area contributed by atoms with Crippen LogP contribution in [0.25, 0.3) is 0 Å². The number of hydroxylamine groups is 8. The van der Waals surface area contributed by atoms with E-state index in [1.165, 1.54) is 32.9 Å². The lowest BCUT2D eigenvalue weighted by molar-refractivity contribution is -0.318. The molecule has 126 heavy (non-hydrogen) atoms. The standard InChI is InChI=1S/C28H34N2O5.C27H34N2O3.C25H36N2O3.C24H36N2O3/c1-6-28(7-2)17-21(16-27(4,5)30(28)35-18(3)19-11-9-8-10-12-19)29-24(31)22-14-13-20(26(33)34)15-23(22)25(29)32;1-6-27(7-2)18-21(28-24(30)22-15-11-12-16-23(22)25(28)31)17-26(4,5)29(27)32-19(3)20-13-9-8-10-14-20;1-8-25(9-2)16-21(26-22(28)17(3)18(4)23(26)29)15-24(6,7)27(25)30-19(5)20-13-11-10-12-14-20;1-6-24(7-2)17-20(25-21(27)14-11-15-22(25)28)16-23(4,5)26(24)29-18(3)19-12-9-8-10-13-19/h8-15,18,21H,6-7,16-17H2,1-5H3,(H,33,34);8-16,19,21H,6-7,17-18H2,1-5H3;10-14,19,21H,8-9,15-16H2,1-7H3;8-10,12-13,18,20H,6-7,11,14-17H2,1-5H3. The summed E-state index contributed by atoms with van der Waals surface area (Å²) < 4.78 is 0.